The largest absolute Gasteiger partial charge is 0.508 e. The van der Waals surface area contributed by atoms with Crippen LogP contribution in [0.3, 0.4) is 0 Å². The number of cyclic esters (lactones) is 1. The van der Waals surface area contributed by atoms with Crippen molar-refractivity contribution in [3.63, 3.8) is 0 Å². The summed E-state index contributed by atoms with van der Waals surface area (Å²) in [4.78, 5) is 53.2. The number of nitrogens with two attached hydrogens (primary N) is 1. The van der Waals surface area contributed by atoms with Crippen LogP contribution < -0.4 is 16.4 Å². The van der Waals surface area contributed by atoms with E-state index in [1.165, 1.54) is 27.2 Å². The molecule has 0 spiro atoms. The summed E-state index contributed by atoms with van der Waals surface area (Å²) in [6, 6.07) is 16.8. The average Bonchev–Trinajstić information content (AvgIpc) is 1.66. The van der Waals surface area contributed by atoms with Gasteiger partial charge in [-0.3, -0.25) is 14.4 Å². The summed E-state index contributed by atoms with van der Waals surface area (Å²) in [5.74, 6) is -0.0153. The van der Waals surface area contributed by atoms with Crippen LogP contribution in [0.15, 0.2) is 101 Å². The number of benzene rings is 2. The zero-order valence-corrected chi connectivity index (χ0v) is 54.0. The number of aliphatic hydroxyl groups excluding tert-OH is 5. The van der Waals surface area contributed by atoms with Crippen molar-refractivity contribution in [2.45, 2.75) is 164 Å². The lowest BCUT2D eigenvalue weighted by molar-refractivity contribution is -0.200. The molecule has 22 unspecified atom stereocenters. The molecule has 9 aliphatic rings. The van der Waals surface area contributed by atoms with Crippen LogP contribution in [0.1, 0.15) is 133 Å². The second-order valence-corrected chi connectivity index (χ2v) is 31.6. The molecule has 18 nitrogen and oxygen atoms in total. The number of hydrogen-bond donors (Lipinski definition) is 13. The van der Waals surface area contributed by atoms with E-state index in [4.69, 9.17) is 10.5 Å². The van der Waals surface area contributed by atoms with E-state index in [9.17, 15) is 50.4 Å². The number of aromatic amines is 1. The number of aliphatic hydroxyl groups is 8. The highest BCUT2D eigenvalue weighted by Gasteiger charge is 2.75. The Labute approximate surface area is 541 Å². The molecule has 3 aromatic rings. The maximum absolute atomic E-state index is 16.4. The molecule has 22 atom stereocenters. The van der Waals surface area contributed by atoms with Crippen molar-refractivity contribution < 1.29 is 65.1 Å². The number of ketones is 2. The normalized spacial score (nSPS) is 41.3. The zero-order chi connectivity index (χ0) is 64.3. The van der Waals surface area contributed by atoms with Crippen LogP contribution in [0, 0.1) is 93.7 Å². The lowest BCUT2D eigenvalue weighted by Gasteiger charge is -2.63. The summed E-state index contributed by atoms with van der Waals surface area (Å²) in [5.41, 5.74) is 4.01. The summed E-state index contributed by atoms with van der Waals surface area (Å²) >= 11 is 0. The molecule has 2 aliphatic heterocycles. The van der Waals surface area contributed by atoms with Crippen molar-refractivity contribution in [1.82, 2.24) is 15.6 Å². The monoisotopic (exact) mass is 1290 g/mol. The fraction of sp³-hybridized carbons (Fsp3) is 0.634. The lowest BCUT2D eigenvalue weighted by atomic mass is 9.43. The minimum atomic E-state index is -2.11. The lowest BCUT2D eigenvalue weighted by Crippen LogP contribution is -2.67. The summed E-state index contributed by atoms with van der Waals surface area (Å²) in [5, 5.41) is 119. The van der Waals surface area contributed by atoms with Gasteiger partial charge in [0.2, 0.25) is 0 Å². The Hall–Kier alpha value is -5.18. The number of allylic oxidation sites excluding steroid dienone is 3. The number of fused-ring (bicyclic) bond motifs is 10. The molecule has 4 saturated carbocycles. The number of nitrogens with one attached hydrogen (secondary N) is 3. The van der Waals surface area contributed by atoms with Crippen molar-refractivity contribution in [1.29, 1.82) is 0 Å². The minimum absolute atomic E-state index is 0.00142. The summed E-state index contributed by atoms with van der Waals surface area (Å²) in [6.45, 7) is 5.56. The number of carbonyl (C=O) groups excluding carboxylic acids is 3. The number of phenols is 1. The third-order valence-electron chi connectivity index (χ3n) is 24.1. The van der Waals surface area contributed by atoms with Gasteiger partial charge in [-0.05, 0) is 159 Å². The molecule has 3 heterocycles. The summed E-state index contributed by atoms with van der Waals surface area (Å²) < 4.78 is 5.95. The first kappa shape index (κ1) is 65.9. The van der Waals surface area contributed by atoms with E-state index in [-0.39, 0.29) is 118 Å². The molecule has 7 aliphatic carbocycles. The van der Waals surface area contributed by atoms with Crippen molar-refractivity contribution in [2.24, 2.45) is 92.6 Å². The second kappa shape index (κ2) is 26.5. The molecule has 20 heteroatoms. The number of H-pyrrole nitrogens is 1. The van der Waals surface area contributed by atoms with Crippen LogP contribution in [-0.2, 0) is 25.7 Å². The molecule has 6 fully saturated rings. The Morgan fingerprint density at radius 3 is 2.43 bits per heavy atom. The van der Waals surface area contributed by atoms with Gasteiger partial charge in [-0.25, -0.2) is 4.99 Å². The Kier molecular flexibility index (Phi) is 19.2. The highest BCUT2D eigenvalue weighted by atomic mass is 33.1. The van der Waals surface area contributed by atoms with E-state index in [2.05, 4.69) is 45.5 Å². The maximum atomic E-state index is 16.4. The van der Waals surface area contributed by atoms with Crippen LogP contribution in [0.4, 0.5) is 0 Å². The first-order chi connectivity index (χ1) is 43.6. The molecule has 12 rings (SSSR count). The number of ether oxygens (including phenoxy) is 1. The molecule has 1 aromatic heterocycles. The Morgan fingerprint density at radius 1 is 0.923 bits per heavy atom. The number of carbonyl (C=O) groups is 3. The molecule has 14 N–H and O–H groups in total. The number of nitrogens with zero attached hydrogens (tertiary/aromatic N) is 1. The number of Topliss-reactive ketones (excluding diaryl/α,β-unsaturated/α-hetero) is 2. The van der Waals surface area contributed by atoms with E-state index in [0.717, 1.165) is 36.0 Å². The van der Waals surface area contributed by atoms with Gasteiger partial charge in [0.15, 0.2) is 23.8 Å². The van der Waals surface area contributed by atoms with Gasteiger partial charge in [0.1, 0.15) is 11.8 Å². The smallest absolute Gasteiger partial charge is 0.313 e. The van der Waals surface area contributed by atoms with Crippen molar-refractivity contribution in [2.75, 3.05) is 31.3 Å². The summed E-state index contributed by atoms with van der Waals surface area (Å²) in [6.07, 6.45) is 3.86. The first-order valence-corrected chi connectivity index (χ1v) is 35.7. The van der Waals surface area contributed by atoms with E-state index in [0.29, 0.717) is 24.5 Å². The van der Waals surface area contributed by atoms with Gasteiger partial charge in [-0.1, -0.05) is 95.5 Å². The van der Waals surface area contributed by atoms with Gasteiger partial charge < -0.3 is 72.0 Å². The van der Waals surface area contributed by atoms with Gasteiger partial charge in [0.05, 0.1) is 60.9 Å². The number of phenolic OH excluding ortho intramolecular Hbond substituents is 1. The fourth-order valence-corrected chi connectivity index (χ4v) is 22.5. The van der Waals surface area contributed by atoms with Crippen LogP contribution in [-0.4, -0.2) is 148 Å². The minimum Gasteiger partial charge on any atom is -0.508 e. The summed E-state index contributed by atoms with van der Waals surface area (Å²) in [7, 11) is 2.94. The molecule has 0 amide bonds. The quantitative estimate of drug-likeness (QED) is 0.0200. The number of rotatable bonds is 10. The number of esters is 1. The Bertz CT molecular complexity index is 3300. The van der Waals surface area contributed by atoms with Crippen LogP contribution in [0.2, 0.25) is 0 Å². The van der Waals surface area contributed by atoms with Crippen LogP contribution in [0.5, 0.6) is 5.75 Å². The Morgan fingerprint density at radius 2 is 1.69 bits per heavy atom. The van der Waals surface area contributed by atoms with Crippen molar-refractivity contribution in [3.05, 3.63) is 113 Å². The highest BCUT2D eigenvalue weighted by Crippen LogP contribution is 2.73. The highest BCUT2D eigenvalue weighted by molar-refractivity contribution is 8.76. The maximum Gasteiger partial charge on any atom is 0.313 e. The number of aromatic hydroxyl groups is 1. The van der Waals surface area contributed by atoms with E-state index in [1.807, 2.05) is 49.5 Å². The van der Waals surface area contributed by atoms with E-state index in [1.54, 1.807) is 37.4 Å². The molecule has 2 aromatic carbocycles. The average molecular weight is 1290 g/mol. The van der Waals surface area contributed by atoms with E-state index >= 15 is 9.90 Å². The number of aliphatic imine (C=N–C) groups is 1. The van der Waals surface area contributed by atoms with Crippen molar-refractivity contribution in [3.8, 4) is 17.6 Å². The van der Waals surface area contributed by atoms with Gasteiger partial charge in [-0.2, -0.15) is 0 Å². The molecule has 91 heavy (non-hydrogen) atoms. The fourth-order valence-electron chi connectivity index (χ4n) is 19.8. The predicted molar refractivity (Wildman–Crippen MR) is 347 cm³/mol. The van der Waals surface area contributed by atoms with E-state index < -0.39 is 136 Å². The third-order valence-corrected chi connectivity index (χ3v) is 26.6. The predicted octanol–water partition coefficient (Wildman–Crippen LogP) is 6.37. The Balaban J connectivity index is 1.03. The van der Waals surface area contributed by atoms with Gasteiger partial charge in [-0.15, -0.1) is 5.92 Å². The van der Waals surface area contributed by atoms with Crippen LogP contribution >= 0.6 is 21.6 Å². The molecular weight excluding hydrogens is 1190 g/mol. The van der Waals surface area contributed by atoms with Gasteiger partial charge in [0.25, 0.3) is 0 Å². The van der Waals surface area contributed by atoms with Crippen LogP contribution in [0.25, 0.3) is 0 Å². The third kappa shape index (κ3) is 12.2. The van der Waals surface area contributed by atoms with Crippen molar-refractivity contribution >= 4 is 45.1 Å². The standard InChI is InChI=1S/C71H93N5O13S2/c1-38-12-13-41-16-19-47-49(48(41)26-38)27-42(51-35-89-66(86)58(51)44-21-24-73-33-44)10-7-11-43-30-71(88)60-53(20-22-70(71,64(43)69(3,87)57(81)29-50(47)65(84)85)23-25-74-67(72)75-32-39-8-5-4-6-9-39)68(2)31-56(80)62(82)52-37-91-90-36-45(40-14-17-46(78)18-15-40)28-55(79)54(34-77)76-61(60)63(83)59(52)68/h4-6,8-9,14-18,21,24,33,38,42-43,45,47-54,56-59,62,64-65,73,76-78,80-82,84-85,87-88H,11-13,19-20,22-23,25-32,34-37H2,1-3H3,(H3,72,74,75). The topological polar surface area (TPSA) is 321 Å². The van der Waals surface area contributed by atoms with Gasteiger partial charge >= 0.3 is 5.97 Å². The molecule has 0 radical (unpaired) electrons. The van der Waals surface area contributed by atoms with Gasteiger partial charge in [0, 0.05) is 90.1 Å². The number of aromatic nitrogens is 1. The molecule has 492 valence electrons. The molecule has 2 bridgehead atoms. The SMILES string of the molecule is CC1CCC2=CCC3C(C(O)O)CC(O)C(C)(O)C4C(CC#CC(C5COC(=O)C5c5cc[nH]c5)CC3C2C1)CC1(O)C2=C3NC(CO)C(=O)CC(c5ccc(O)cc5)CSSCC5C(O)C(O)CC(C)(C2CCC41CCNC(N)=NCc1ccccc1)C5C3=O. The first-order valence-electron chi connectivity index (χ1n) is 33.2. The molecule has 2 saturated heterocycles. The number of hydrogen-bond acceptors (Lipinski definition) is 17. The number of guanidine groups is 1. The zero-order valence-electron chi connectivity index (χ0n) is 52.4. The molecular formula is C71H93N5O13S2. The second-order valence-electron chi connectivity index (χ2n) is 29.0.